The molecule has 0 aliphatic carbocycles. The molecule has 6 nitrogen and oxygen atoms in total. The Bertz CT molecular complexity index is 740. The average Bonchev–Trinajstić information content (AvgIpc) is 3.09. The first-order chi connectivity index (χ1) is 13.1. The quantitative estimate of drug-likeness (QED) is 0.559. The number of carbonyl (C=O) groups is 3. The highest BCUT2D eigenvalue weighted by molar-refractivity contribution is 8.00. The molecule has 0 unspecified atom stereocenters. The van der Waals surface area contributed by atoms with E-state index < -0.39 is 25.0 Å². The first kappa shape index (κ1) is 15.3. The maximum absolute atomic E-state index is 12.5. The van der Waals surface area contributed by atoms with E-state index in [-0.39, 0.29) is 23.2 Å². The second-order valence-corrected chi connectivity index (χ2v) is 7.03. The molecule has 1 aromatic carbocycles. The van der Waals surface area contributed by atoms with E-state index in [2.05, 4.69) is 0 Å². The summed E-state index contributed by atoms with van der Waals surface area (Å²) >= 11 is 1.28. The number of ether oxygens (including phenoxy) is 1. The summed E-state index contributed by atoms with van der Waals surface area (Å²) in [6, 6.07) is 5.20. The molecule has 1 fully saturated rings. The molecule has 25 heavy (non-hydrogen) atoms. The van der Waals surface area contributed by atoms with Gasteiger partial charge < -0.3 is 14.7 Å². The summed E-state index contributed by atoms with van der Waals surface area (Å²) in [5.74, 6) is -1.20. The van der Waals surface area contributed by atoms with E-state index in [4.69, 9.17) is 8.85 Å². The zero-order chi connectivity index (χ0) is 20.9. The van der Waals surface area contributed by atoms with Crippen LogP contribution in [0.1, 0.15) is 34.2 Å². The lowest BCUT2D eigenvalue weighted by molar-refractivity contribution is -0.149. The summed E-state index contributed by atoms with van der Waals surface area (Å²) in [5, 5.41) is 9.19. The van der Waals surface area contributed by atoms with Crippen LogP contribution in [0.5, 0.6) is 5.75 Å². The molecule has 1 saturated heterocycles. The van der Waals surface area contributed by atoms with Gasteiger partial charge >= 0.3 is 5.97 Å². The van der Waals surface area contributed by atoms with Gasteiger partial charge in [-0.25, -0.2) is 4.79 Å². The normalized spacial score (nSPS) is 20.3. The fraction of sp³-hybridized carbons (Fsp3) is 0.500. The van der Waals surface area contributed by atoms with Gasteiger partial charge in [-0.2, -0.15) is 11.8 Å². The van der Waals surface area contributed by atoms with E-state index in [9.17, 15) is 19.5 Å². The fourth-order valence-corrected chi connectivity index (χ4v) is 3.75. The maximum Gasteiger partial charge on any atom is 0.326 e. The van der Waals surface area contributed by atoms with Crippen molar-refractivity contribution in [1.29, 1.82) is 0 Å². The number of rotatable bonds is 8. The number of methoxy groups -OCH3 is 1. The Morgan fingerprint density at radius 3 is 3.00 bits per heavy atom. The molecule has 1 aliphatic rings. The molecule has 1 aromatic rings. The van der Waals surface area contributed by atoms with Crippen molar-refractivity contribution in [2.75, 3.05) is 25.1 Å². The number of carboxylic acid groups (broad SMARTS) is 1. The lowest BCUT2D eigenvalue weighted by Crippen LogP contribution is -2.43. The van der Waals surface area contributed by atoms with Gasteiger partial charge in [0.25, 0.3) is 0 Å². The highest BCUT2D eigenvalue weighted by atomic mass is 32.2. The topological polar surface area (TPSA) is 83.9 Å². The highest BCUT2D eigenvalue weighted by Gasteiger charge is 2.35. The fourth-order valence-electron chi connectivity index (χ4n) is 2.79. The Labute approximate surface area is 155 Å². The number of ketones is 1. The number of hydrogen-bond donors (Lipinski definition) is 1. The third-order valence-corrected chi connectivity index (χ3v) is 5.32. The van der Waals surface area contributed by atoms with Crippen LogP contribution >= 0.6 is 11.8 Å². The number of hydrogen-bond acceptors (Lipinski definition) is 5. The van der Waals surface area contributed by atoms with Gasteiger partial charge in [-0.3, -0.25) is 9.59 Å². The Morgan fingerprint density at radius 1 is 1.48 bits per heavy atom. The monoisotopic (exact) mass is 369 g/mol. The molecule has 0 spiro atoms. The molecule has 1 aliphatic heterocycles. The second kappa shape index (κ2) is 8.89. The number of carbonyl (C=O) groups excluding carboxylic acids is 2. The number of benzene rings is 1. The van der Waals surface area contributed by atoms with E-state index >= 15 is 0 Å². The highest BCUT2D eigenvalue weighted by Crippen LogP contribution is 2.22. The molecule has 1 amide bonds. The SMILES string of the molecule is [2H][13C]([2H])([2H])Oc1cccc(C(=O)CSC[C@@H](C)C(=O)N2CCC[C@H]2C(=O)O)c1. The van der Waals surface area contributed by atoms with E-state index in [0.29, 0.717) is 30.7 Å². The number of Topliss-reactive ketones (excluding diaryl/α,β-unsaturated/α-hetero) is 1. The maximum atomic E-state index is 12.5. The van der Waals surface area contributed by atoms with Crippen molar-refractivity contribution in [3.05, 3.63) is 29.8 Å². The third-order valence-electron chi connectivity index (χ3n) is 4.12. The van der Waals surface area contributed by atoms with Crippen LogP contribution in [0.25, 0.3) is 0 Å². The number of thioether (sulfide) groups is 1. The molecule has 136 valence electrons. The molecule has 2 rings (SSSR count). The lowest BCUT2D eigenvalue weighted by atomic mass is 10.1. The van der Waals surface area contributed by atoms with E-state index in [1.165, 1.54) is 28.8 Å². The number of amides is 1. The van der Waals surface area contributed by atoms with Crippen LogP contribution < -0.4 is 4.74 Å². The van der Waals surface area contributed by atoms with Gasteiger partial charge in [0.2, 0.25) is 5.91 Å². The van der Waals surface area contributed by atoms with Crippen molar-refractivity contribution in [2.24, 2.45) is 5.92 Å². The van der Waals surface area contributed by atoms with Crippen molar-refractivity contribution in [3.8, 4) is 5.75 Å². The summed E-state index contributed by atoms with van der Waals surface area (Å²) in [5.41, 5.74) is 0.332. The molecule has 0 aromatic heterocycles. The van der Waals surface area contributed by atoms with Crippen LogP contribution in [-0.2, 0) is 9.59 Å². The van der Waals surface area contributed by atoms with Gasteiger partial charge in [-0.05, 0) is 25.0 Å². The van der Waals surface area contributed by atoms with E-state index in [1.54, 1.807) is 19.1 Å². The summed E-state index contributed by atoms with van der Waals surface area (Å²) in [6.07, 6.45) is 1.14. The Kier molecular flexibility index (Phi) is 5.43. The van der Waals surface area contributed by atoms with Crippen molar-refractivity contribution in [1.82, 2.24) is 4.90 Å². The summed E-state index contributed by atoms with van der Waals surface area (Å²) in [4.78, 5) is 37.4. The van der Waals surface area contributed by atoms with Crippen LogP contribution in [-0.4, -0.2) is 58.8 Å². The minimum Gasteiger partial charge on any atom is -0.497 e. The zero-order valence-electron chi connectivity index (χ0n) is 16.9. The van der Waals surface area contributed by atoms with Gasteiger partial charge in [0.1, 0.15) is 11.8 Å². The van der Waals surface area contributed by atoms with Crippen LogP contribution in [0.3, 0.4) is 0 Å². The molecular weight excluding hydrogens is 343 g/mol. The summed E-state index contributed by atoms with van der Waals surface area (Å²) < 4.78 is 26.1. The van der Waals surface area contributed by atoms with Crippen molar-refractivity contribution in [3.63, 3.8) is 0 Å². The largest absolute Gasteiger partial charge is 0.497 e. The van der Waals surface area contributed by atoms with Crippen molar-refractivity contribution >= 4 is 29.4 Å². The predicted octanol–water partition coefficient (Wildman–Crippen LogP) is 2.32. The third kappa shape index (κ3) is 4.98. The number of carboxylic acids is 1. The molecular formula is C18H23NO5S. The van der Waals surface area contributed by atoms with Gasteiger partial charge in [-0.15, -0.1) is 0 Å². The Hall–Kier alpha value is -2.02. The first-order valence-electron chi connectivity index (χ1n) is 9.52. The Balaban J connectivity index is 1.85. The van der Waals surface area contributed by atoms with Crippen LogP contribution in [0, 0.1) is 5.92 Å². The second-order valence-electron chi connectivity index (χ2n) is 6.00. The van der Waals surface area contributed by atoms with Gasteiger partial charge in [0.05, 0.1) is 16.9 Å². The van der Waals surface area contributed by atoms with Crippen LogP contribution in [0.4, 0.5) is 0 Å². The average molecular weight is 369 g/mol. The van der Waals surface area contributed by atoms with Crippen molar-refractivity contribution in [2.45, 2.75) is 25.8 Å². The summed E-state index contributed by atoms with van der Waals surface area (Å²) in [7, 11) is -2.59. The van der Waals surface area contributed by atoms with Gasteiger partial charge in [0, 0.05) is 23.8 Å². The lowest BCUT2D eigenvalue weighted by Gasteiger charge is -2.24. The number of nitrogens with zero attached hydrogens (tertiary/aromatic N) is 1. The molecule has 0 radical (unpaired) electrons. The first-order valence-corrected chi connectivity index (χ1v) is 9.17. The zero-order valence-corrected chi connectivity index (χ0v) is 14.8. The molecule has 1 heterocycles. The molecule has 1 N–H and O–H groups in total. The van der Waals surface area contributed by atoms with E-state index in [0.717, 1.165) is 0 Å². The van der Waals surface area contributed by atoms with Crippen molar-refractivity contribution < 1.29 is 28.3 Å². The predicted molar refractivity (Wildman–Crippen MR) is 96.2 cm³/mol. The number of aliphatic carboxylic acids is 1. The summed E-state index contributed by atoms with van der Waals surface area (Å²) in [6.45, 7) is 2.17. The smallest absolute Gasteiger partial charge is 0.326 e. The molecule has 0 bridgehead atoms. The van der Waals surface area contributed by atoms with E-state index in [1.807, 2.05) is 0 Å². The molecule has 2 atom stereocenters. The van der Waals surface area contributed by atoms with Crippen LogP contribution in [0.15, 0.2) is 24.3 Å². The minimum absolute atomic E-state index is 0.0909. The standard InChI is InChI=1S/C18H23NO5S/c1-12(17(21)19-8-4-7-15(19)18(22)23)10-25-11-16(20)13-5-3-6-14(9-13)24-2/h3,5-6,9,12,15H,4,7-8,10-11H2,1-2H3,(H,22,23)/t12-,15+/m1/s1/i2+1D3. The molecule has 0 saturated carbocycles. The molecule has 7 heteroatoms. The van der Waals surface area contributed by atoms with Gasteiger partial charge in [-0.1, -0.05) is 19.1 Å². The number of likely N-dealkylation sites (tertiary alicyclic amines) is 1. The van der Waals surface area contributed by atoms with Gasteiger partial charge in [0.15, 0.2) is 5.78 Å². The minimum atomic E-state index is -2.59. The van der Waals surface area contributed by atoms with Crippen LogP contribution in [0.2, 0.25) is 0 Å². The Morgan fingerprint density at radius 2 is 2.28 bits per heavy atom.